The fourth-order valence-electron chi connectivity index (χ4n) is 3.61. The molecular weight excluding hydrogens is 415 g/mol. The summed E-state index contributed by atoms with van der Waals surface area (Å²) in [7, 11) is -3.44. The first-order valence-electron chi connectivity index (χ1n) is 10.8. The number of nitrogens with one attached hydrogen (secondary N) is 3. The van der Waals surface area contributed by atoms with Crippen LogP contribution in [0.25, 0.3) is 0 Å². The van der Waals surface area contributed by atoms with Crippen molar-refractivity contribution < 1.29 is 12.8 Å². The molecule has 166 valence electrons. The molecule has 4 rings (SSSR count). The van der Waals surface area contributed by atoms with Gasteiger partial charge in [-0.25, -0.2) is 22.5 Å². The molecule has 0 saturated heterocycles. The average molecular weight is 445 g/mol. The van der Waals surface area contributed by atoms with E-state index in [1.165, 1.54) is 6.07 Å². The zero-order valence-electron chi connectivity index (χ0n) is 17.7. The minimum absolute atomic E-state index is 0.0853. The third-order valence-electron chi connectivity index (χ3n) is 5.79. The summed E-state index contributed by atoms with van der Waals surface area (Å²) >= 11 is 0. The molecule has 2 fully saturated rings. The number of aliphatic imine (C=N–C) groups is 1. The monoisotopic (exact) mass is 444 g/mol. The van der Waals surface area contributed by atoms with Crippen LogP contribution in [0, 0.1) is 5.82 Å². The number of halogens is 1. The molecule has 2 aromatic carbocycles. The van der Waals surface area contributed by atoms with E-state index in [2.05, 4.69) is 20.3 Å². The predicted molar refractivity (Wildman–Crippen MR) is 120 cm³/mol. The van der Waals surface area contributed by atoms with Gasteiger partial charge in [-0.1, -0.05) is 30.3 Å². The maximum absolute atomic E-state index is 14.2. The molecule has 8 heteroatoms. The van der Waals surface area contributed by atoms with Gasteiger partial charge in [0.1, 0.15) is 5.82 Å². The zero-order chi connectivity index (χ0) is 21.9. The van der Waals surface area contributed by atoms with Gasteiger partial charge in [0.15, 0.2) is 5.96 Å². The zero-order valence-corrected chi connectivity index (χ0v) is 18.5. The van der Waals surface area contributed by atoms with Crippen molar-refractivity contribution in [3.05, 3.63) is 65.5 Å². The Kier molecular flexibility index (Phi) is 6.29. The largest absolute Gasteiger partial charge is 0.357 e. The van der Waals surface area contributed by atoms with Crippen LogP contribution in [0.4, 0.5) is 4.39 Å². The number of hydrogen-bond donors (Lipinski definition) is 3. The van der Waals surface area contributed by atoms with Crippen molar-refractivity contribution in [3.8, 4) is 0 Å². The number of guanidine groups is 1. The van der Waals surface area contributed by atoms with Gasteiger partial charge in [-0.05, 0) is 61.9 Å². The van der Waals surface area contributed by atoms with Crippen LogP contribution in [0.2, 0.25) is 0 Å². The molecule has 2 aliphatic carbocycles. The summed E-state index contributed by atoms with van der Waals surface area (Å²) in [5.74, 6) is 0.507. The summed E-state index contributed by atoms with van der Waals surface area (Å²) in [6.45, 7) is 3.73. The molecule has 0 heterocycles. The van der Waals surface area contributed by atoms with Gasteiger partial charge in [-0.3, -0.25) is 0 Å². The van der Waals surface area contributed by atoms with E-state index in [1.54, 1.807) is 30.3 Å². The number of rotatable bonds is 9. The van der Waals surface area contributed by atoms with Gasteiger partial charge in [0.25, 0.3) is 0 Å². The molecule has 2 aromatic rings. The Labute approximate surface area is 183 Å². The molecule has 0 atom stereocenters. The first kappa shape index (κ1) is 21.8. The highest BCUT2D eigenvalue weighted by atomic mass is 32.2. The number of hydrogen-bond acceptors (Lipinski definition) is 3. The van der Waals surface area contributed by atoms with E-state index in [1.807, 2.05) is 19.1 Å². The minimum atomic E-state index is -3.44. The molecule has 0 aromatic heterocycles. The summed E-state index contributed by atoms with van der Waals surface area (Å²) in [6, 6.07) is 13.9. The van der Waals surface area contributed by atoms with Crippen molar-refractivity contribution in [3.63, 3.8) is 0 Å². The summed E-state index contributed by atoms with van der Waals surface area (Å²) in [6.07, 6.45) is 3.71. The fraction of sp³-hybridized carbons (Fsp3) is 0.435. The van der Waals surface area contributed by atoms with Crippen LogP contribution in [-0.2, 0) is 22.0 Å². The van der Waals surface area contributed by atoms with Gasteiger partial charge in [-0.15, -0.1) is 0 Å². The highest BCUT2D eigenvalue weighted by Crippen LogP contribution is 2.48. The van der Waals surface area contributed by atoms with Gasteiger partial charge in [0.2, 0.25) is 10.0 Å². The molecule has 3 N–H and O–H groups in total. The van der Waals surface area contributed by atoms with E-state index < -0.39 is 10.0 Å². The van der Waals surface area contributed by atoms with Gasteiger partial charge in [0.05, 0.1) is 11.4 Å². The van der Waals surface area contributed by atoms with Crippen LogP contribution < -0.4 is 15.4 Å². The van der Waals surface area contributed by atoms with Crippen molar-refractivity contribution in [1.82, 2.24) is 15.4 Å². The number of nitrogens with zero attached hydrogens (tertiary/aromatic N) is 1. The van der Waals surface area contributed by atoms with Gasteiger partial charge < -0.3 is 10.6 Å². The highest BCUT2D eigenvalue weighted by Gasteiger charge is 2.45. The Hall–Kier alpha value is -2.45. The second kappa shape index (κ2) is 8.96. The summed E-state index contributed by atoms with van der Waals surface area (Å²) in [5.41, 5.74) is 1.50. The van der Waals surface area contributed by atoms with Gasteiger partial charge in [0, 0.05) is 24.5 Å². The summed E-state index contributed by atoms with van der Waals surface area (Å²) in [5, 5.41) is 6.57. The van der Waals surface area contributed by atoms with E-state index in [4.69, 9.17) is 0 Å². The van der Waals surface area contributed by atoms with Crippen LogP contribution in [0.1, 0.15) is 43.7 Å². The minimum Gasteiger partial charge on any atom is -0.357 e. The number of benzene rings is 2. The Morgan fingerprint density at radius 1 is 1.10 bits per heavy atom. The first-order chi connectivity index (χ1) is 14.9. The Morgan fingerprint density at radius 2 is 1.81 bits per heavy atom. The SMILES string of the molecule is CCNC(=NCc1ccc(S(=O)(=O)NC2CC2)cc1)NCC1(c2ccccc2F)CC1. The lowest BCUT2D eigenvalue weighted by atomic mass is 9.95. The third-order valence-corrected chi connectivity index (χ3v) is 7.33. The second-order valence-electron chi connectivity index (χ2n) is 8.35. The van der Waals surface area contributed by atoms with Gasteiger partial charge in [-0.2, -0.15) is 0 Å². The van der Waals surface area contributed by atoms with E-state index in [9.17, 15) is 12.8 Å². The van der Waals surface area contributed by atoms with Crippen LogP contribution in [0.5, 0.6) is 0 Å². The van der Waals surface area contributed by atoms with Crippen LogP contribution in [0.15, 0.2) is 58.4 Å². The topological polar surface area (TPSA) is 82.6 Å². The Balaban J connectivity index is 1.38. The van der Waals surface area contributed by atoms with Crippen LogP contribution >= 0.6 is 0 Å². The smallest absolute Gasteiger partial charge is 0.240 e. The summed E-state index contributed by atoms with van der Waals surface area (Å²) in [4.78, 5) is 4.89. The van der Waals surface area contributed by atoms with Crippen molar-refractivity contribution >= 4 is 16.0 Å². The lowest BCUT2D eigenvalue weighted by molar-refractivity contribution is 0.559. The molecule has 2 saturated carbocycles. The third kappa shape index (κ3) is 5.43. The Bertz CT molecular complexity index is 1050. The average Bonchev–Trinajstić information content (AvgIpc) is 3.68. The Morgan fingerprint density at radius 3 is 2.42 bits per heavy atom. The molecule has 0 unspecified atom stereocenters. The maximum atomic E-state index is 14.2. The van der Waals surface area contributed by atoms with Crippen molar-refractivity contribution in [2.75, 3.05) is 13.1 Å². The van der Waals surface area contributed by atoms with E-state index in [0.717, 1.165) is 36.8 Å². The molecular formula is C23H29FN4O2S. The standard InChI is InChI=1S/C23H29FN4O2S/c1-2-25-22(27-16-23(13-14-23)20-5-3-4-6-21(20)24)26-15-17-7-11-19(12-8-17)31(29,30)28-18-9-10-18/h3-8,11-12,18,28H,2,9-10,13-16H2,1H3,(H2,25,26,27). The van der Waals surface area contributed by atoms with Crippen molar-refractivity contribution in [1.29, 1.82) is 0 Å². The quantitative estimate of drug-likeness (QED) is 0.410. The molecule has 0 amide bonds. The van der Waals surface area contributed by atoms with E-state index in [0.29, 0.717) is 25.6 Å². The predicted octanol–water partition coefficient (Wildman–Crippen LogP) is 3.05. The molecule has 0 bridgehead atoms. The fourth-order valence-corrected chi connectivity index (χ4v) is 4.92. The molecule has 0 aliphatic heterocycles. The molecule has 6 nitrogen and oxygen atoms in total. The normalized spacial score (nSPS) is 17.9. The molecule has 2 aliphatic rings. The lowest BCUT2D eigenvalue weighted by Gasteiger charge is -2.19. The van der Waals surface area contributed by atoms with Crippen LogP contribution in [0.3, 0.4) is 0 Å². The van der Waals surface area contributed by atoms with Crippen molar-refractivity contribution in [2.45, 2.75) is 55.5 Å². The van der Waals surface area contributed by atoms with Gasteiger partial charge >= 0.3 is 0 Å². The van der Waals surface area contributed by atoms with Crippen molar-refractivity contribution in [2.24, 2.45) is 4.99 Å². The van der Waals surface area contributed by atoms with Crippen LogP contribution in [-0.4, -0.2) is 33.5 Å². The molecule has 31 heavy (non-hydrogen) atoms. The highest BCUT2D eigenvalue weighted by molar-refractivity contribution is 7.89. The molecule has 0 radical (unpaired) electrons. The number of sulfonamides is 1. The molecule has 0 spiro atoms. The lowest BCUT2D eigenvalue weighted by Crippen LogP contribution is -2.41. The second-order valence-corrected chi connectivity index (χ2v) is 10.1. The van der Waals surface area contributed by atoms with E-state index in [-0.39, 0.29) is 22.2 Å². The summed E-state index contributed by atoms with van der Waals surface area (Å²) < 4.78 is 41.5. The van der Waals surface area contributed by atoms with E-state index >= 15 is 0 Å². The maximum Gasteiger partial charge on any atom is 0.240 e. The first-order valence-corrected chi connectivity index (χ1v) is 12.3.